The summed E-state index contributed by atoms with van der Waals surface area (Å²) in [5.41, 5.74) is 1.10. The van der Waals surface area contributed by atoms with Crippen molar-refractivity contribution in [3.8, 4) is 0 Å². The van der Waals surface area contributed by atoms with E-state index in [0.29, 0.717) is 19.1 Å². The summed E-state index contributed by atoms with van der Waals surface area (Å²) in [7, 11) is 4.20. The number of likely N-dealkylation sites (tertiary alicyclic amines) is 1. The Bertz CT molecular complexity index is 446. The van der Waals surface area contributed by atoms with Crippen molar-refractivity contribution in [3.63, 3.8) is 0 Å². The Balaban J connectivity index is 1.70. The number of carbonyl (C=O) groups excluding carboxylic acids is 1. The van der Waals surface area contributed by atoms with Gasteiger partial charge in [-0.05, 0) is 26.9 Å². The minimum absolute atomic E-state index is 0.0951. The van der Waals surface area contributed by atoms with Crippen molar-refractivity contribution >= 4 is 17.2 Å². The highest BCUT2D eigenvalue weighted by Crippen LogP contribution is 2.13. The molecule has 112 valence electrons. The van der Waals surface area contributed by atoms with Gasteiger partial charge in [0.25, 0.3) is 0 Å². The van der Waals surface area contributed by atoms with Gasteiger partial charge < -0.3 is 10.2 Å². The number of amides is 1. The van der Waals surface area contributed by atoms with E-state index in [1.807, 2.05) is 0 Å². The van der Waals surface area contributed by atoms with E-state index >= 15 is 0 Å². The highest BCUT2D eigenvalue weighted by Gasteiger charge is 2.25. The van der Waals surface area contributed by atoms with Crippen LogP contribution in [0.25, 0.3) is 0 Å². The smallest absolute Gasteiger partial charge is 0.234 e. The number of hydrogen-bond acceptors (Lipinski definition) is 5. The number of aryl methyl sites for hydroxylation is 1. The van der Waals surface area contributed by atoms with Crippen LogP contribution in [0, 0.1) is 0 Å². The molecule has 20 heavy (non-hydrogen) atoms. The first-order valence-corrected chi connectivity index (χ1v) is 8.05. The zero-order valence-corrected chi connectivity index (χ0v) is 13.4. The molecule has 5 nitrogen and oxygen atoms in total. The van der Waals surface area contributed by atoms with Crippen LogP contribution in [0.15, 0.2) is 5.38 Å². The number of nitrogens with zero attached hydrogens (tertiary/aromatic N) is 3. The van der Waals surface area contributed by atoms with Crippen LogP contribution >= 0.6 is 11.3 Å². The Morgan fingerprint density at radius 1 is 1.60 bits per heavy atom. The van der Waals surface area contributed by atoms with Crippen LogP contribution in [0.4, 0.5) is 0 Å². The summed E-state index contributed by atoms with van der Waals surface area (Å²) < 4.78 is 0. The van der Waals surface area contributed by atoms with Gasteiger partial charge in [-0.1, -0.05) is 6.92 Å². The third-order valence-electron chi connectivity index (χ3n) is 3.74. The maximum Gasteiger partial charge on any atom is 0.234 e. The summed E-state index contributed by atoms with van der Waals surface area (Å²) in [6.45, 7) is 5.13. The largest absolute Gasteiger partial charge is 0.348 e. The number of nitrogens with one attached hydrogen (secondary N) is 1. The molecule has 1 atom stereocenters. The molecule has 0 bridgehead atoms. The Morgan fingerprint density at radius 3 is 3.00 bits per heavy atom. The first kappa shape index (κ1) is 15.4. The lowest BCUT2D eigenvalue weighted by molar-refractivity contribution is -0.122. The van der Waals surface area contributed by atoms with E-state index in [4.69, 9.17) is 0 Å². The fourth-order valence-electron chi connectivity index (χ4n) is 2.40. The Morgan fingerprint density at radius 2 is 2.40 bits per heavy atom. The number of hydrogen-bond donors (Lipinski definition) is 1. The topological polar surface area (TPSA) is 48.5 Å². The van der Waals surface area contributed by atoms with Gasteiger partial charge in [0.15, 0.2) is 0 Å². The van der Waals surface area contributed by atoms with E-state index in [-0.39, 0.29) is 5.91 Å². The molecule has 2 rings (SSSR count). The Kier molecular flexibility index (Phi) is 5.51. The summed E-state index contributed by atoms with van der Waals surface area (Å²) >= 11 is 1.62. The maximum absolute atomic E-state index is 11.9. The molecule has 1 aromatic heterocycles. The van der Waals surface area contributed by atoms with Crippen molar-refractivity contribution < 1.29 is 4.79 Å². The summed E-state index contributed by atoms with van der Waals surface area (Å²) in [5.74, 6) is 0.0951. The number of carbonyl (C=O) groups is 1. The number of likely N-dealkylation sites (N-methyl/N-ethyl adjacent to an activating group) is 1. The van der Waals surface area contributed by atoms with Crippen molar-refractivity contribution in [2.75, 3.05) is 33.7 Å². The zero-order valence-electron chi connectivity index (χ0n) is 12.6. The van der Waals surface area contributed by atoms with Gasteiger partial charge in [0.2, 0.25) is 5.91 Å². The van der Waals surface area contributed by atoms with Crippen molar-refractivity contribution in [1.82, 2.24) is 20.1 Å². The first-order valence-electron chi connectivity index (χ1n) is 7.17. The second-order valence-corrected chi connectivity index (χ2v) is 6.45. The van der Waals surface area contributed by atoms with Gasteiger partial charge in [0, 0.05) is 24.5 Å². The molecule has 0 unspecified atom stereocenters. The molecule has 0 radical (unpaired) electrons. The molecule has 2 heterocycles. The third-order valence-corrected chi connectivity index (χ3v) is 4.64. The van der Waals surface area contributed by atoms with E-state index in [9.17, 15) is 4.79 Å². The van der Waals surface area contributed by atoms with Crippen LogP contribution < -0.4 is 5.32 Å². The third kappa shape index (κ3) is 4.26. The fourth-order valence-corrected chi connectivity index (χ4v) is 3.22. The van der Waals surface area contributed by atoms with Crippen LogP contribution in [-0.2, 0) is 17.8 Å². The van der Waals surface area contributed by atoms with Crippen LogP contribution in [0.2, 0.25) is 0 Å². The molecular weight excluding hydrogens is 272 g/mol. The standard InChI is InChI=1S/C14H24N4OS/c1-4-11-10-20-14(16-11)7-15-13(19)9-18-6-5-12(8-18)17(2)3/h10,12H,4-9H2,1-3H3,(H,15,19)/t12-/m0/s1. The summed E-state index contributed by atoms with van der Waals surface area (Å²) in [6, 6.07) is 0.578. The lowest BCUT2D eigenvalue weighted by Gasteiger charge is -2.19. The second kappa shape index (κ2) is 7.15. The molecule has 1 fully saturated rings. The van der Waals surface area contributed by atoms with Gasteiger partial charge in [-0.2, -0.15) is 0 Å². The molecule has 0 spiro atoms. The molecule has 1 aliphatic heterocycles. The molecule has 0 aliphatic carbocycles. The Labute approximate surface area is 125 Å². The minimum Gasteiger partial charge on any atom is -0.348 e. The molecule has 1 aromatic rings. The SMILES string of the molecule is CCc1csc(CNC(=O)CN2CC[C@H](N(C)C)C2)n1. The van der Waals surface area contributed by atoms with E-state index in [0.717, 1.165) is 36.6 Å². The molecular formula is C14H24N4OS. The van der Waals surface area contributed by atoms with E-state index in [2.05, 4.69) is 46.5 Å². The van der Waals surface area contributed by atoms with Crippen molar-refractivity contribution in [3.05, 3.63) is 16.1 Å². The van der Waals surface area contributed by atoms with Crippen LogP contribution in [0.1, 0.15) is 24.0 Å². The number of thiazole rings is 1. The van der Waals surface area contributed by atoms with Gasteiger partial charge in [-0.25, -0.2) is 4.98 Å². The van der Waals surface area contributed by atoms with Gasteiger partial charge in [0.1, 0.15) is 5.01 Å². The van der Waals surface area contributed by atoms with Crippen molar-refractivity contribution in [2.45, 2.75) is 32.4 Å². The number of rotatable bonds is 6. The maximum atomic E-state index is 11.9. The van der Waals surface area contributed by atoms with Gasteiger partial charge in [0.05, 0.1) is 18.8 Å². The molecule has 0 saturated carbocycles. The summed E-state index contributed by atoms with van der Waals surface area (Å²) in [5, 5.41) is 6.01. The predicted molar refractivity (Wildman–Crippen MR) is 81.9 cm³/mol. The zero-order chi connectivity index (χ0) is 14.5. The van der Waals surface area contributed by atoms with E-state index < -0.39 is 0 Å². The van der Waals surface area contributed by atoms with Crippen LogP contribution in [0.3, 0.4) is 0 Å². The number of aromatic nitrogens is 1. The van der Waals surface area contributed by atoms with Crippen LogP contribution in [0.5, 0.6) is 0 Å². The minimum atomic E-state index is 0.0951. The van der Waals surface area contributed by atoms with E-state index in [1.165, 1.54) is 0 Å². The molecule has 6 heteroatoms. The average Bonchev–Trinajstić information content (AvgIpc) is 3.04. The lowest BCUT2D eigenvalue weighted by Crippen LogP contribution is -2.38. The summed E-state index contributed by atoms with van der Waals surface area (Å²) in [4.78, 5) is 20.8. The highest BCUT2D eigenvalue weighted by molar-refractivity contribution is 7.09. The normalized spacial score (nSPS) is 19.7. The molecule has 0 aromatic carbocycles. The highest BCUT2D eigenvalue weighted by atomic mass is 32.1. The van der Waals surface area contributed by atoms with Gasteiger partial charge in [-0.15, -0.1) is 11.3 Å². The summed E-state index contributed by atoms with van der Waals surface area (Å²) in [6.07, 6.45) is 2.09. The van der Waals surface area contributed by atoms with Crippen molar-refractivity contribution in [1.29, 1.82) is 0 Å². The second-order valence-electron chi connectivity index (χ2n) is 5.50. The van der Waals surface area contributed by atoms with Gasteiger partial charge >= 0.3 is 0 Å². The molecule has 1 amide bonds. The molecule has 1 saturated heterocycles. The average molecular weight is 296 g/mol. The van der Waals surface area contributed by atoms with Crippen molar-refractivity contribution in [2.24, 2.45) is 0 Å². The first-order chi connectivity index (χ1) is 9.58. The molecule has 1 aliphatic rings. The van der Waals surface area contributed by atoms with E-state index in [1.54, 1.807) is 11.3 Å². The molecule has 1 N–H and O–H groups in total. The Hall–Kier alpha value is -0.980. The predicted octanol–water partition coefficient (Wildman–Crippen LogP) is 0.958. The monoisotopic (exact) mass is 296 g/mol. The quantitative estimate of drug-likeness (QED) is 0.849. The fraction of sp³-hybridized carbons (Fsp3) is 0.714. The lowest BCUT2D eigenvalue weighted by atomic mass is 10.2. The van der Waals surface area contributed by atoms with Crippen LogP contribution in [-0.4, -0.2) is 60.5 Å². The van der Waals surface area contributed by atoms with Gasteiger partial charge in [-0.3, -0.25) is 9.69 Å².